The first-order valence-corrected chi connectivity index (χ1v) is 6.85. The molecule has 7 nitrogen and oxygen atoms in total. The first kappa shape index (κ1) is 16.3. The van der Waals surface area contributed by atoms with E-state index in [0.29, 0.717) is 24.9 Å². The lowest BCUT2D eigenvalue weighted by Gasteiger charge is -2.36. The number of carboxylic acid groups (broad SMARTS) is 1. The fourth-order valence-electron chi connectivity index (χ4n) is 2.50. The molecule has 114 valence electrons. The highest BCUT2D eigenvalue weighted by atomic mass is 16.4. The fourth-order valence-corrected chi connectivity index (χ4v) is 2.50. The minimum atomic E-state index is -1.16. The summed E-state index contributed by atoms with van der Waals surface area (Å²) in [6.45, 7) is 4.63. The molecule has 0 aliphatic carbocycles. The number of aliphatic carboxylic acids is 1. The Labute approximate surface area is 118 Å². The summed E-state index contributed by atoms with van der Waals surface area (Å²) in [6, 6.07) is -0.423. The first-order valence-electron chi connectivity index (χ1n) is 6.85. The van der Waals surface area contributed by atoms with Gasteiger partial charge in [-0.15, -0.1) is 0 Å². The molecule has 0 saturated carbocycles. The van der Waals surface area contributed by atoms with Crippen LogP contribution in [0.3, 0.4) is 0 Å². The van der Waals surface area contributed by atoms with Gasteiger partial charge in [0.05, 0.1) is 0 Å². The molecule has 3 N–H and O–H groups in total. The van der Waals surface area contributed by atoms with Crippen LogP contribution in [0.5, 0.6) is 0 Å². The number of piperidine rings is 1. The third-order valence-corrected chi connectivity index (χ3v) is 3.70. The highest BCUT2D eigenvalue weighted by Crippen LogP contribution is 2.24. The minimum Gasteiger partial charge on any atom is -0.480 e. The highest BCUT2D eigenvalue weighted by Gasteiger charge is 2.28. The molecule has 1 aliphatic heterocycles. The molecule has 1 heterocycles. The Balaban J connectivity index is 2.61. The van der Waals surface area contributed by atoms with Gasteiger partial charge >= 0.3 is 12.0 Å². The van der Waals surface area contributed by atoms with Gasteiger partial charge in [0.15, 0.2) is 0 Å². The number of urea groups is 1. The van der Waals surface area contributed by atoms with Crippen molar-refractivity contribution < 1.29 is 19.5 Å². The van der Waals surface area contributed by atoms with Crippen LogP contribution in [0.25, 0.3) is 0 Å². The number of nitrogens with two attached hydrogens (primary N) is 1. The number of likely N-dealkylation sites (tertiary alicyclic amines) is 1. The number of hydrogen-bond acceptors (Lipinski definition) is 3. The number of hydrogen-bond donors (Lipinski definition) is 2. The maximum absolute atomic E-state index is 12.2. The van der Waals surface area contributed by atoms with E-state index >= 15 is 0 Å². The van der Waals surface area contributed by atoms with Crippen molar-refractivity contribution in [1.29, 1.82) is 0 Å². The van der Waals surface area contributed by atoms with Crippen molar-refractivity contribution in [3.8, 4) is 0 Å². The van der Waals surface area contributed by atoms with Crippen LogP contribution in [0.1, 0.15) is 26.7 Å². The smallest absolute Gasteiger partial charge is 0.323 e. The molecule has 0 radical (unpaired) electrons. The molecule has 0 unspecified atom stereocenters. The lowest BCUT2D eigenvalue weighted by molar-refractivity contribution is -0.138. The van der Waals surface area contributed by atoms with E-state index in [9.17, 15) is 14.4 Å². The molecular weight excluding hydrogens is 262 g/mol. The summed E-state index contributed by atoms with van der Waals surface area (Å²) in [7, 11) is 0. The van der Waals surface area contributed by atoms with E-state index in [0.717, 1.165) is 17.7 Å². The SMILES string of the molecule is CC(C)C1CCN(C(=O)N(CC(N)=O)CC(=O)O)CC1. The zero-order chi connectivity index (χ0) is 15.3. The van der Waals surface area contributed by atoms with Crippen molar-refractivity contribution in [3.05, 3.63) is 0 Å². The van der Waals surface area contributed by atoms with E-state index in [2.05, 4.69) is 13.8 Å². The maximum atomic E-state index is 12.2. The second-order valence-electron chi connectivity index (χ2n) is 5.57. The molecule has 1 rings (SSSR count). The zero-order valence-corrected chi connectivity index (χ0v) is 12.0. The van der Waals surface area contributed by atoms with Crippen molar-refractivity contribution in [1.82, 2.24) is 9.80 Å². The fraction of sp³-hybridized carbons (Fsp3) is 0.769. The van der Waals surface area contributed by atoms with Crippen LogP contribution >= 0.6 is 0 Å². The lowest BCUT2D eigenvalue weighted by atomic mass is 9.87. The summed E-state index contributed by atoms with van der Waals surface area (Å²) < 4.78 is 0. The Hall–Kier alpha value is -1.79. The van der Waals surface area contributed by atoms with Gasteiger partial charge in [0, 0.05) is 13.1 Å². The number of primary amides is 1. The number of carbonyl (C=O) groups is 3. The van der Waals surface area contributed by atoms with Gasteiger partial charge in [0.2, 0.25) is 5.91 Å². The number of carboxylic acids is 1. The molecule has 0 bridgehead atoms. The number of rotatable bonds is 5. The topological polar surface area (TPSA) is 104 Å². The minimum absolute atomic E-state index is 0.366. The number of nitrogens with zero attached hydrogens (tertiary/aromatic N) is 2. The van der Waals surface area contributed by atoms with E-state index in [1.54, 1.807) is 4.90 Å². The van der Waals surface area contributed by atoms with Gasteiger partial charge in [0.25, 0.3) is 0 Å². The van der Waals surface area contributed by atoms with Crippen molar-refractivity contribution >= 4 is 17.9 Å². The predicted octanol–water partition coefficient (Wildman–Crippen LogP) is 0.346. The second-order valence-corrected chi connectivity index (χ2v) is 5.57. The van der Waals surface area contributed by atoms with Gasteiger partial charge in [0.1, 0.15) is 13.1 Å². The normalized spacial score (nSPS) is 16.2. The number of amides is 3. The average Bonchev–Trinajstić information content (AvgIpc) is 2.36. The summed E-state index contributed by atoms with van der Waals surface area (Å²) in [6.07, 6.45) is 1.81. The van der Waals surface area contributed by atoms with Gasteiger partial charge in [-0.25, -0.2) is 4.79 Å². The molecule has 0 aromatic rings. The Morgan fingerprint density at radius 3 is 2.20 bits per heavy atom. The Morgan fingerprint density at radius 2 is 1.80 bits per heavy atom. The molecular formula is C13H23N3O4. The Morgan fingerprint density at radius 1 is 1.25 bits per heavy atom. The van der Waals surface area contributed by atoms with Gasteiger partial charge < -0.3 is 20.6 Å². The average molecular weight is 285 g/mol. The molecule has 20 heavy (non-hydrogen) atoms. The summed E-state index contributed by atoms with van der Waals surface area (Å²) in [4.78, 5) is 36.5. The third-order valence-electron chi connectivity index (χ3n) is 3.70. The molecule has 0 aromatic heterocycles. The van der Waals surface area contributed by atoms with E-state index in [4.69, 9.17) is 10.8 Å². The molecule has 0 atom stereocenters. The summed E-state index contributed by atoms with van der Waals surface area (Å²) in [5, 5.41) is 8.79. The zero-order valence-electron chi connectivity index (χ0n) is 12.0. The van der Waals surface area contributed by atoms with Gasteiger partial charge in [-0.1, -0.05) is 13.8 Å². The van der Waals surface area contributed by atoms with E-state index < -0.39 is 24.5 Å². The van der Waals surface area contributed by atoms with Gasteiger partial charge in [-0.3, -0.25) is 9.59 Å². The summed E-state index contributed by atoms with van der Waals surface area (Å²) in [5.74, 6) is -0.704. The van der Waals surface area contributed by atoms with Crippen LogP contribution < -0.4 is 5.73 Å². The third kappa shape index (κ3) is 4.71. The Kier molecular flexibility index (Phi) is 5.79. The van der Waals surface area contributed by atoms with E-state index in [1.165, 1.54) is 0 Å². The molecule has 1 aliphatic rings. The summed E-state index contributed by atoms with van der Waals surface area (Å²) >= 11 is 0. The molecule has 1 saturated heterocycles. The van der Waals surface area contributed by atoms with E-state index in [1.807, 2.05) is 0 Å². The second kappa shape index (κ2) is 7.12. The molecule has 1 fully saturated rings. The Bertz CT molecular complexity index is 360. The van der Waals surface area contributed by atoms with Crippen molar-refractivity contribution in [2.75, 3.05) is 26.2 Å². The predicted molar refractivity (Wildman–Crippen MR) is 72.9 cm³/mol. The molecule has 0 aromatic carbocycles. The maximum Gasteiger partial charge on any atom is 0.323 e. The van der Waals surface area contributed by atoms with Gasteiger partial charge in [-0.2, -0.15) is 0 Å². The number of carbonyl (C=O) groups excluding carboxylic acids is 2. The lowest BCUT2D eigenvalue weighted by Crippen LogP contribution is -2.50. The molecule has 3 amide bonds. The van der Waals surface area contributed by atoms with Gasteiger partial charge in [-0.05, 0) is 24.7 Å². The molecule has 7 heteroatoms. The monoisotopic (exact) mass is 285 g/mol. The van der Waals surface area contributed by atoms with Crippen molar-refractivity contribution in [2.45, 2.75) is 26.7 Å². The van der Waals surface area contributed by atoms with Crippen molar-refractivity contribution in [2.24, 2.45) is 17.6 Å². The van der Waals surface area contributed by atoms with Crippen LogP contribution in [0.2, 0.25) is 0 Å². The van der Waals surface area contributed by atoms with Crippen molar-refractivity contribution in [3.63, 3.8) is 0 Å². The first-order chi connectivity index (χ1) is 9.31. The highest BCUT2D eigenvalue weighted by molar-refractivity contribution is 5.86. The largest absolute Gasteiger partial charge is 0.480 e. The quantitative estimate of drug-likeness (QED) is 0.760. The molecule has 0 spiro atoms. The van der Waals surface area contributed by atoms with E-state index in [-0.39, 0.29) is 6.54 Å². The summed E-state index contributed by atoms with van der Waals surface area (Å²) in [5.41, 5.74) is 5.05. The van der Waals surface area contributed by atoms with Crippen LogP contribution in [-0.2, 0) is 9.59 Å². The van der Waals surface area contributed by atoms with Crippen LogP contribution in [0.15, 0.2) is 0 Å². The van der Waals surface area contributed by atoms with Crippen LogP contribution in [0.4, 0.5) is 4.79 Å². The standard InChI is InChI=1S/C13H23N3O4/c1-9(2)10-3-5-15(6-4-10)13(20)16(7-11(14)17)8-12(18)19/h9-10H,3-8H2,1-2H3,(H2,14,17)(H,18,19). The van der Waals surface area contributed by atoms with Crippen LogP contribution in [0, 0.1) is 11.8 Å². The van der Waals surface area contributed by atoms with Crippen LogP contribution in [-0.4, -0.2) is 59.0 Å².